The van der Waals surface area contributed by atoms with Gasteiger partial charge in [-0.1, -0.05) is 46.6 Å². The van der Waals surface area contributed by atoms with Crippen LogP contribution in [0, 0.1) is 5.92 Å². The fourth-order valence-electron chi connectivity index (χ4n) is 4.78. The number of halogens is 2. The van der Waals surface area contributed by atoms with Crippen LogP contribution in [0.1, 0.15) is 18.7 Å². The summed E-state index contributed by atoms with van der Waals surface area (Å²) in [5, 5.41) is 5.03. The molecule has 0 N–H and O–H groups in total. The number of amides is 1. The van der Waals surface area contributed by atoms with Gasteiger partial charge in [0.2, 0.25) is 27.6 Å². The summed E-state index contributed by atoms with van der Waals surface area (Å²) >= 11 is 12.2. The molecule has 12 heteroatoms. The molecule has 2 aromatic carbocycles. The maximum atomic E-state index is 13.1. The van der Waals surface area contributed by atoms with E-state index in [0.717, 1.165) is 25.9 Å². The number of rotatable bonds is 6. The van der Waals surface area contributed by atoms with Crippen molar-refractivity contribution in [2.45, 2.75) is 24.3 Å². The summed E-state index contributed by atoms with van der Waals surface area (Å²) in [6.45, 7) is 3.38. The number of nitrogens with zero attached hydrogens (tertiary/aromatic N) is 5. The first kappa shape index (κ1) is 26.1. The zero-order valence-electron chi connectivity index (χ0n) is 20.1. The van der Waals surface area contributed by atoms with Crippen molar-refractivity contribution < 1.29 is 17.7 Å². The molecule has 0 saturated carbocycles. The highest BCUT2D eigenvalue weighted by molar-refractivity contribution is 7.89. The van der Waals surface area contributed by atoms with E-state index in [1.54, 1.807) is 53.4 Å². The van der Waals surface area contributed by atoms with E-state index in [1.165, 1.54) is 4.31 Å². The minimum absolute atomic E-state index is 0.0698. The highest BCUT2D eigenvalue weighted by Gasteiger charge is 2.34. The molecule has 3 heterocycles. The fraction of sp³-hybridized carbons (Fsp3) is 0.400. The third-order valence-corrected chi connectivity index (χ3v) is 9.33. The van der Waals surface area contributed by atoms with Crippen LogP contribution >= 0.6 is 23.2 Å². The molecule has 3 aromatic rings. The number of sulfonamides is 1. The Labute approximate surface area is 226 Å². The van der Waals surface area contributed by atoms with E-state index in [1.807, 2.05) is 0 Å². The van der Waals surface area contributed by atoms with Crippen molar-refractivity contribution in [3.63, 3.8) is 0 Å². The number of carbonyl (C=O) groups excluding carboxylic acids is 1. The number of hydrogen-bond acceptors (Lipinski definition) is 7. The lowest BCUT2D eigenvalue weighted by Gasteiger charge is -2.38. The zero-order chi connectivity index (χ0) is 26.0. The predicted molar refractivity (Wildman–Crippen MR) is 140 cm³/mol. The number of likely N-dealkylation sites (tertiary alicyclic amines) is 1. The molecule has 0 spiro atoms. The number of benzene rings is 2. The number of carbonyl (C=O) groups is 1. The molecule has 196 valence electrons. The first-order chi connectivity index (χ1) is 17.8. The Bertz CT molecular complexity index is 1350. The van der Waals surface area contributed by atoms with Crippen LogP contribution in [0.25, 0.3) is 11.4 Å². The third kappa shape index (κ3) is 5.83. The Morgan fingerprint density at radius 1 is 0.973 bits per heavy atom. The standard InChI is InChI=1S/C25H27Cl2N5O4S/c26-19-6-7-21(22(27)16-19)24-28-23(36-29-24)17-30-10-8-18(9-11-30)25(33)31-12-14-32(15-13-31)37(34,35)20-4-2-1-3-5-20/h1-7,16,18H,8-15,17H2. The lowest BCUT2D eigenvalue weighted by molar-refractivity contribution is -0.138. The molecule has 2 fully saturated rings. The van der Waals surface area contributed by atoms with E-state index < -0.39 is 10.0 Å². The number of hydrogen-bond donors (Lipinski definition) is 0. The van der Waals surface area contributed by atoms with E-state index in [-0.39, 0.29) is 16.7 Å². The van der Waals surface area contributed by atoms with E-state index in [0.29, 0.717) is 60.0 Å². The van der Waals surface area contributed by atoms with Gasteiger partial charge in [0.05, 0.1) is 16.5 Å². The van der Waals surface area contributed by atoms with Crippen molar-refractivity contribution in [2.75, 3.05) is 39.3 Å². The van der Waals surface area contributed by atoms with Crippen molar-refractivity contribution in [1.82, 2.24) is 24.2 Å². The quantitative estimate of drug-likeness (QED) is 0.449. The molecule has 9 nitrogen and oxygen atoms in total. The molecule has 1 aromatic heterocycles. The van der Waals surface area contributed by atoms with Gasteiger partial charge in [-0.05, 0) is 56.3 Å². The third-order valence-electron chi connectivity index (χ3n) is 6.87. The van der Waals surface area contributed by atoms with Crippen LogP contribution in [0.2, 0.25) is 10.0 Å². The molecule has 1 amide bonds. The van der Waals surface area contributed by atoms with Gasteiger partial charge in [-0.2, -0.15) is 9.29 Å². The summed E-state index contributed by atoms with van der Waals surface area (Å²) in [4.78, 5) is 21.9. The molecule has 37 heavy (non-hydrogen) atoms. The van der Waals surface area contributed by atoms with Gasteiger partial charge in [0.1, 0.15) is 0 Å². The lowest BCUT2D eigenvalue weighted by atomic mass is 9.95. The van der Waals surface area contributed by atoms with E-state index in [9.17, 15) is 13.2 Å². The van der Waals surface area contributed by atoms with Gasteiger partial charge >= 0.3 is 0 Å². The Kier molecular flexibility index (Phi) is 7.83. The van der Waals surface area contributed by atoms with Crippen molar-refractivity contribution in [3.8, 4) is 11.4 Å². The van der Waals surface area contributed by atoms with Crippen LogP contribution in [-0.2, 0) is 21.4 Å². The van der Waals surface area contributed by atoms with Crippen LogP contribution in [-0.4, -0.2) is 77.8 Å². The van der Waals surface area contributed by atoms with Gasteiger partial charge in [-0.15, -0.1) is 0 Å². The normalized spacial score (nSPS) is 18.3. The highest BCUT2D eigenvalue weighted by Crippen LogP contribution is 2.29. The zero-order valence-corrected chi connectivity index (χ0v) is 22.4. The van der Waals surface area contributed by atoms with Gasteiger partial charge in [0.25, 0.3) is 0 Å². The van der Waals surface area contributed by atoms with Crippen LogP contribution in [0.3, 0.4) is 0 Å². The summed E-state index contributed by atoms with van der Waals surface area (Å²) in [6.07, 6.45) is 1.46. The van der Waals surface area contributed by atoms with Crippen molar-refractivity contribution in [2.24, 2.45) is 5.92 Å². The molecule has 0 radical (unpaired) electrons. The Hall–Kier alpha value is -2.50. The number of piperazine rings is 1. The second-order valence-electron chi connectivity index (χ2n) is 9.23. The first-order valence-corrected chi connectivity index (χ1v) is 14.4. The van der Waals surface area contributed by atoms with Crippen molar-refractivity contribution >= 4 is 39.1 Å². The molecule has 0 unspecified atom stereocenters. The molecule has 0 atom stereocenters. The summed E-state index contributed by atoms with van der Waals surface area (Å²) < 4.78 is 32.6. The van der Waals surface area contributed by atoms with Crippen LogP contribution < -0.4 is 0 Å². The van der Waals surface area contributed by atoms with Gasteiger partial charge in [0.15, 0.2) is 0 Å². The second kappa shape index (κ2) is 11.1. The number of aromatic nitrogens is 2. The van der Waals surface area contributed by atoms with Gasteiger partial charge in [-0.25, -0.2) is 8.42 Å². The van der Waals surface area contributed by atoms with Gasteiger partial charge in [0, 0.05) is 42.7 Å². The monoisotopic (exact) mass is 563 g/mol. The molecule has 2 aliphatic rings. The Balaban J connectivity index is 1.11. The molecular formula is C25H27Cl2N5O4S. The van der Waals surface area contributed by atoms with Crippen LogP contribution in [0.15, 0.2) is 57.9 Å². The molecule has 2 saturated heterocycles. The fourth-order valence-corrected chi connectivity index (χ4v) is 6.71. The van der Waals surface area contributed by atoms with Gasteiger partial charge < -0.3 is 9.42 Å². The van der Waals surface area contributed by atoms with E-state index in [2.05, 4.69) is 15.0 Å². The summed E-state index contributed by atoms with van der Waals surface area (Å²) in [7, 11) is -3.54. The SMILES string of the molecule is O=C(C1CCN(Cc2nc(-c3ccc(Cl)cc3Cl)no2)CC1)N1CCN(S(=O)(=O)c2ccccc2)CC1. The van der Waals surface area contributed by atoms with Crippen LogP contribution in [0.5, 0.6) is 0 Å². The largest absolute Gasteiger partial charge is 0.340 e. The Morgan fingerprint density at radius 2 is 1.68 bits per heavy atom. The summed E-state index contributed by atoms with van der Waals surface area (Å²) in [5.41, 5.74) is 0.655. The molecule has 5 rings (SSSR count). The summed E-state index contributed by atoms with van der Waals surface area (Å²) in [5.74, 6) is 0.935. The topological polar surface area (TPSA) is 99.8 Å². The number of piperidine rings is 1. The average Bonchev–Trinajstić information content (AvgIpc) is 3.37. The highest BCUT2D eigenvalue weighted by atomic mass is 35.5. The Morgan fingerprint density at radius 3 is 2.35 bits per heavy atom. The first-order valence-electron chi connectivity index (χ1n) is 12.2. The van der Waals surface area contributed by atoms with E-state index in [4.69, 9.17) is 27.7 Å². The molecule has 0 bridgehead atoms. The minimum Gasteiger partial charge on any atom is -0.340 e. The maximum Gasteiger partial charge on any atom is 0.243 e. The average molecular weight is 564 g/mol. The van der Waals surface area contributed by atoms with Gasteiger partial charge in [-0.3, -0.25) is 9.69 Å². The minimum atomic E-state index is -3.54. The lowest BCUT2D eigenvalue weighted by Crippen LogP contribution is -2.52. The molecule has 0 aliphatic carbocycles. The summed E-state index contributed by atoms with van der Waals surface area (Å²) in [6, 6.07) is 13.5. The smallest absolute Gasteiger partial charge is 0.243 e. The molecular weight excluding hydrogens is 537 g/mol. The van der Waals surface area contributed by atoms with E-state index >= 15 is 0 Å². The van der Waals surface area contributed by atoms with Crippen molar-refractivity contribution in [3.05, 3.63) is 64.5 Å². The maximum absolute atomic E-state index is 13.1. The second-order valence-corrected chi connectivity index (χ2v) is 12.0. The predicted octanol–water partition coefficient (Wildman–Crippen LogP) is 3.79. The molecule has 2 aliphatic heterocycles. The van der Waals surface area contributed by atoms with Crippen LogP contribution in [0.4, 0.5) is 0 Å². The van der Waals surface area contributed by atoms with Crippen molar-refractivity contribution in [1.29, 1.82) is 0 Å².